The molecule has 3 aromatic carbocycles. The van der Waals surface area contributed by atoms with Gasteiger partial charge in [-0.15, -0.1) is 0 Å². The van der Waals surface area contributed by atoms with Crippen molar-refractivity contribution in [3.63, 3.8) is 0 Å². The average Bonchev–Trinajstić information content (AvgIpc) is 3.60. The Labute approximate surface area is 205 Å². The Hall–Kier alpha value is -4.99. The normalized spacial score (nSPS) is 10.8. The molecule has 0 fully saturated rings. The summed E-state index contributed by atoms with van der Waals surface area (Å²) in [4.78, 5) is 17.2. The molecule has 0 unspecified atom stereocenters. The van der Waals surface area contributed by atoms with E-state index in [1.807, 2.05) is 30.3 Å². The highest BCUT2D eigenvalue weighted by Gasteiger charge is 2.22. The minimum absolute atomic E-state index is 0.214. The topological polar surface area (TPSA) is 96.1 Å². The summed E-state index contributed by atoms with van der Waals surface area (Å²) in [6, 6.07) is 19.0. The number of halogens is 1. The number of carbonyl (C=O) groups is 1. The van der Waals surface area contributed by atoms with Crippen molar-refractivity contribution in [3.8, 4) is 34.1 Å². The molecular formula is C26H21FN6O3. The maximum absolute atomic E-state index is 14.7. The van der Waals surface area contributed by atoms with E-state index >= 15 is 0 Å². The number of hydrogen-bond acceptors (Lipinski definition) is 6. The van der Waals surface area contributed by atoms with Crippen molar-refractivity contribution >= 4 is 11.6 Å². The van der Waals surface area contributed by atoms with Gasteiger partial charge in [-0.25, -0.2) is 18.7 Å². The van der Waals surface area contributed by atoms with Gasteiger partial charge in [0.25, 0.3) is 5.91 Å². The molecule has 0 aliphatic rings. The molecule has 5 aromatic rings. The minimum atomic E-state index is -0.560. The van der Waals surface area contributed by atoms with E-state index in [2.05, 4.69) is 20.5 Å². The highest BCUT2D eigenvalue weighted by atomic mass is 19.1. The number of methoxy groups -OCH3 is 2. The van der Waals surface area contributed by atoms with Gasteiger partial charge in [0.2, 0.25) is 0 Å². The third kappa shape index (κ3) is 4.39. The zero-order valence-corrected chi connectivity index (χ0v) is 19.4. The second-order valence-electron chi connectivity index (χ2n) is 7.70. The summed E-state index contributed by atoms with van der Waals surface area (Å²) >= 11 is 0. The average molecular weight is 484 g/mol. The predicted molar refractivity (Wildman–Crippen MR) is 131 cm³/mol. The first kappa shape index (κ1) is 22.8. The van der Waals surface area contributed by atoms with Crippen LogP contribution in [0.2, 0.25) is 0 Å². The van der Waals surface area contributed by atoms with Gasteiger partial charge < -0.3 is 14.8 Å². The number of rotatable bonds is 7. The third-order valence-electron chi connectivity index (χ3n) is 5.51. The number of benzene rings is 3. The van der Waals surface area contributed by atoms with Crippen LogP contribution in [0.5, 0.6) is 11.5 Å². The Morgan fingerprint density at radius 2 is 1.81 bits per heavy atom. The van der Waals surface area contributed by atoms with E-state index in [-0.39, 0.29) is 16.9 Å². The van der Waals surface area contributed by atoms with Crippen LogP contribution < -0.4 is 14.8 Å². The largest absolute Gasteiger partial charge is 0.497 e. The Bertz CT molecular complexity index is 1520. The lowest BCUT2D eigenvalue weighted by atomic mass is 10.1. The molecule has 0 aliphatic carbocycles. The van der Waals surface area contributed by atoms with Crippen LogP contribution in [-0.4, -0.2) is 44.7 Å². The monoisotopic (exact) mass is 484 g/mol. The summed E-state index contributed by atoms with van der Waals surface area (Å²) in [5.74, 6) is 0.0743. The molecule has 9 nitrogen and oxygen atoms in total. The number of para-hydroxylation sites is 1. The van der Waals surface area contributed by atoms with Gasteiger partial charge in [-0.1, -0.05) is 18.2 Å². The molecular weight excluding hydrogens is 463 g/mol. The summed E-state index contributed by atoms with van der Waals surface area (Å²) in [6.07, 6.45) is 4.33. The predicted octanol–water partition coefficient (Wildman–Crippen LogP) is 4.53. The first-order valence-electron chi connectivity index (χ1n) is 10.9. The molecule has 1 amide bonds. The molecule has 180 valence electrons. The lowest BCUT2D eigenvalue weighted by Gasteiger charge is -2.11. The van der Waals surface area contributed by atoms with Crippen LogP contribution in [0.25, 0.3) is 22.6 Å². The first-order chi connectivity index (χ1) is 17.6. The molecule has 1 N–H and O–H groups in total. The van der Waals surface area contributed by atoms with Crippen LogP contribution in [0.15, 0.2) is 85.6 Å². The quantitative estimate of drug-likeness (QED) is 0.365. The second-order valence-corrected chi connectivity index (χ2v) is 7.70. The Morgan fingerprint density at radius 1 is 0.972 bits per heavy atom. The van der Waals surface area contributed by atoms with Crippen LogP contribution in [0, 0.1) is 5.82 Å². The zero-order chi connectivity index (χ0) is 25.1. The van der Waals surface area contributed by atoms with Crippen molar-refractivity contribution in [1.29, 1.82) is 0 Å². The number of nitrogens with zero attached hydrogens (tertiary/aromatic N) is 5. The molecule has 0 bridgehead atoms. The highest BCUT2D eigenvalue weighted by Crippen LogP contribution is 2.35. The molecule has 0 aliphatic heterocycles. The molecule has 0 atom stereocenters. The second kappa shape index (κ2) is 9.71. The summed E-state index contributed by atoms with van der Waals surface area (Å²) in [6.45, 7) is 0. The van der Waals surface area contributed by atoms with Gasteiger partial charge >= 0.3 is 0 Å². The molecule has 0 radical (unpaired) electrons. The van der Waals surface area contributed by atoms with Gasteiger partial charge in [0.05, 0.1) is 25.5 Å². The van der Waals surface area contributed by atoms with Crippen molar-refractivity contribution in [1.82, 2.24) is 24.5 Å². The van der Waals surface area contributed by atoms with Gasteiger partial charge in [-0.2, -0.15) is 10.2 Å². The fourth-order valence-electron chi connectivity index (χ4n) is 3.75. The van der Waals surface area contributed by atoms with Crippen molar-refractivity contribution in [2.45, 2.75) is 0 Å². The van der Waals surface area contributed by atoms with E-state index in [9.17, 15) is 9.18 Å². The number of hydrogen-bond donors (Lipinski definition) is 1. The molecule has 0 spiro atoms. The molecule has 36 heavy (non-hydrogen) atoms. The third-order valence-corrected chi connectivity index (χ3v) is 5.51. The summed E-state index contributed by atoms with van der Waals surface area (Å²) in [5, 5.41) is 11.4. The van der Waals surface area contributed by atoms with E-state index in [0.29, 0.717) is 22.8 Å². The summed E-state index contributed by atoms with van der Waals surface area (Å²) in [5.41, 5.74) is 2.55. The van der Waals surface area contributed by atoms with Crippen molar-refractivity contribution < 1.29 is 18.7 Å². The van der Waals surface area contributed by atoms with E-state index in [0.717, 1.165) is 5.69 Å². The van der Waals surface area contributed by atoms with Crippen LogP contribution >= 0.6 is 0 Å². The fraction of sp³-hybridized carbons (Fsp3) is 0.0769. The lowest BCUT2D eigenvalue weighted by Crippen LogP contribution is -2.13. The SMILES string of the molecule is COc1ccc(-c2nn(-c3ccccc3)cc2C(=O)Nc2ccc(-n3cncn3)c(F)c2)c(OC)c1. The molecule has 0 saturated carbocycles. The molecule has 2 aromatic heterocycles. The Balaban J connectivity index is 1.54. The van der Waals surface area contributed by atoms with Gasteiger partial charge in [0.1, 0.15) is 35.5 Å². The van der Waals surface area contributed by atoms with E-state index in [1.165, 1.54) is 36.6 Å². The van der Waals surface area contributed by atoms with Crippen molar-refractivity contribution in [2.75, 3.05) is 19.5 Å². The summed E-state index contributed by atoms with van der Waals surface area (Å²) < 4.78 is 28.5. The fourth-order valence-corrected chi connectivity index (χ4v) is 3.75. The molecule has 0 saturated heterocycles. The molecule has 2 heterocycles. The van der Waals surface area contributed by atoms with E-state index < -0.39 is 11.7 Å². The van der Waals surface area contributed by atoms with Gasteiger partial charge in [0.15, 0.2) is 5.82 Å². The maximum atomic E-state index is 14.7. The highest BCUT2D eigenvalue weighted by molar-refractivity contribution is 6.08. The van der Waals surface area contributed by atoms with E-state index in [1.54, 1.807) is 42.3 Å². The van der Waals surface area contributed by atoms with Gasteiger partial charge in [-0.05, 0) is 42.5 Å². The first-order valence-corrected chi connectivity index (χ1v) is 10.9. The van der Waals surface area contributed by atoms with Crippen LogP contribution in [0.4, 0.5) is 10.1 Å². The number of amides is 1. The maximum Gasteiger partial charge on any atom is 0.259 e. The standard InChI is InChI=1S/C26H21FN6O3/c1-35-19-9-10-20(24(13-19)36-2)25-21(14-32(31-25)18-6-4-3-5-7-18)26(34)30-17-8-11-23(22(27)12-17)33-16-28-15-29-33/h3-16H,1-2H3,(H,30,34). The van der Waals surface area contributed by atoms with Gasteiger partial charge in [-0.3, -0.25) is 4.79 Å². The van der Waals surface area contributed by atoms with Crippen LogP contribution in [0.3, 0.4) is 0 Å². The van der Waals surface area contributed by atoms with Crippen LogP contribution in [0.1, 0.15) is 10.4 Å². The minimum Gasteiger partial charge on any atom is -0.497 e. The number of ether oxygens (including phenoxy) is 2. The van der Waals surface area contributed by atoms with Gasteiger partial charge in [0, 0.05) is 23.5 Å². The lowest BCUT2D eigenvalue weighted by molar-refractivity contribution is 0.102. The van der Waals surface area contributed by atoms with E-state index in [4.69, 9.17) is 9.47 Å². The van der Waals surface area contributed by atoms with Crippen molar-refractivity contribution in [2.24, 2.45) is 0 Å². The molecule has 10 heteroatoms. The summed E-state index contributed by atoms with van der Waals surface area (Å²) in [7, 11) is 3.09. The number of nitrogens with one attached hydrogen (secondary N) is 1. The number of carbonyl (C=O) groups excluding carboxylic acids is 1. The number of anilines is 1. The van der Waals surface area contributed by atoms with Crippen molar-refractivity contribution in [3.05, 3.63) is 97.0 Å². The smallest absolute Gasteiger partial charge is 0.259 e. The number of aromatic nitrogens is 5. The zero-order valence-electron chi connectivity index (χ0n) is 19.4. The Morgan fingerprint density at radius 3 is 2.50 bits per heavy atom. The Kier molecular flexibility index (Phi) is 6.14. The van der Waals surface area contributed by atoms with Crippen LogP contribution in [-0.2, 0) is 0 Å². The molecule has 5 rings (SSSR count).